The highest BCUT2D eigenvalue weighted by molar-refractivity contribution is 7.90. The van der Waals surface area contributed by atoms with Crippen molar-refractivity contribution in [1.82, 2.24) is 0 Å². The highest BCUT2D eigenvalue weighted by Gasteiger charge is 2.18. The van der Waals surface area contributed by atoms with E-state index in [1.807, 2.05) is 0 Å². The topological polar surface area (TPSA) is 120 Å². The number of benzene rings is 1. The lowest BCUT2D eigenvalue weighted by Crippen LogP contribution is -2.04. The largest absolute Gasteiger partial charge is 0.478 e. The van der Waals surface area contributed by atoms with Crippen molar-refractivity contribution in [1.29, 1.82) is 0 Å². The lowest BCUT2D eigenvalue weighted by atomic mass is 10.1. The molecule has 0 radical (unpaired) electrons. The van der Waals surface area contributed by atoms with Gasteiger partial charge in [-0.1, -0.05) is 13.0 Å². The van der Waals surface area contributed by atoms with Crippen LogP contribution in [0.1, 0.15) is 22.8 Å². The number of rotatable bonds is 4. The van der Waals surface area contributed by atoms with Crippen molar-refractivity contribution in [2.45, 2.75) is 18.2 Å². The van der Waals surface area contributed by atoms with Gasteiger partial charge in [-0.05, 0) is 29.6 Å². The van der Waals surface area contributed by atoms with E-state index in [0.717, 1.165) is 6.07 Å². The Bertz CT molecular complexity index is 603. The van der Waals surface area contributed by atoms with E-state index in [-0.39, 0.29) is 10.5 Å². The number of nitrogens with zero attached hydrogens (tertiary/aromatic N) is 3. The molecule has 0 unspecified atom stereocenters. The van der Waals surface area contributed by atoms with Crippen molar-refractivity contribution in [2.75, 3.05) is 0 Å². The van der Waals surface area contributed by atoms with E-state index in [2.05, 4.69) is 9.43 Å². The quantitative estimate of drug-likeness (QED) is 0.502. The summed E-state index contributed by atoms with van der Waals surface area (Å²) in [6.45, 7) is 1.71. The first-order valence-corrected chi connectivity index (χ1v) is 6.04. The zero-order chi connectivity index (χ0) is 13.1. The van der Waals surface area contributed by atoms with Gasteiger partial charge in [0, 0.05) is 9.43 Å². The van der Waals surface area contributed by atoms with Crippen LogP contribution in [0.5, 0.6) is 0 Å². The Morgan fingerprint density at radius 3 is 2.65 bits per heavy atom. The Hall–Kier alpha value is -2.05. The number of carboxylic acid groups (broad SMARTS) is 1. The van der Waals surface area contributed by atoms with Crippen LogP contribution in [0.3, 0.4) is 0 Å². The van der Waals surface area contributed by atoms with E-state index < -0.39 is 16.0 Å². The van der Waals surface area contributed by atoms with Crippen LogP contribution >= 0.6 is 0 Å². The molecule has 1 rings (SSSR count). The van der Waals surface area contributed by atoms with Crippen molar-refractivity contribution in [2.24, 2.45) is 4.52 Å². The third-order valence-corrected chi connectivity index (χ3v) is 3.34. The van der Waals surface area contributed by atoms with E-state index >= 15 is 0 Å². The average Bonchev–Trinajstić information content (AvgIpc) is 2.28. The minimum absolute atomic E-state index is 0.172. The van der Waals surface area contributed by atoms with Crippen LogP contribution < -0.4 is 0 Å². The van der Waals surface area contributed by atoms with Crippen molar-refractivity contribution in [3.05, 3.63) is 39.8 Å². The number of aromatic carboxylic acids is 1. The van der Waals surface area contributed by atoms with Crippen molar-refractivity contribution in [3.63, 3.8) is 0 Å². The van der Waals surface area contributed by atoms with E-state index in [1.54, 1.807) is 6.92 Å². The fourth-order valence-electron chi connectivity index (χ4n) is 1.31. The SMILES string of the molecule is CCc1ccc(C(=O)O)cc1S(=O)(=O)N=[N+]=[N-]. The smallest absolute Gasteiger partial charge is 0.335 e. The van der Waals surface area contributed by atoms with Crippen molar-refractivity contribution < 1.29 is 18.3 Å². The molecule has 0 aromatic heterocycles. The normalized spacial score (nSPS) is 10.6. The summed E-state index contributed by atoms with van der Waals surface area (Å²) >= 11 is 0. The molecular weight excluding hydrogens is 246 g/mol. The van der Waals surface area contributed by atoms with E-state index in [1.165, 1.54) is 12.1 Å². The molecule has 7 nitrogen and oxygen atoms in total. The molecule has 0 aliphatic carbocycles. The van der Waals surface area contributed by atoms with Gasteiger partial charge in [-0.15, -0.1) is 0 Å². The Morgan fingerprint density at radius 2 is 2.18 bits per heavy atom. The molecular formula is C9H9N3O4S. The number of carboxylic acids is 1. The molecule has 1 N–H and O–H groups in total. The van der Waals surface area contributed by atoms with Gasteiger partial charge in [-0.25, -0.2) is 13.2 Å². The van der Waals surface area contributed by atoms with Crippen molar-refractivity contribution >= 4 is 16.0 Å². The second-order valence-electron chi connectivity index (χ2n) is 3.13. The minimum atomic E-state index is -4.16. The summed E-state index contributed by atoms with van der Waals surface area (Å²) in [5, 5.41) is 8.77. The highest BCUT2D eigenvalue weighted by Crippen LogP contribution is 2.20. The first-order chi connectivity index (χ1) is 7.92. The predicted octanol–water partition coefficient (Wildman–Crippen LogP) is 1.95. The lowest BCUT2D eigenvalue weighted by Gasteiger charge is -2.06. The van der Waals surface area contributed by atoms with Gasteiger partial charge in [-0.3, -0.25) is 0 Å². The number of azide groups is 1. The fourth-order valence-corrected chi connectivity index (χ4v) is 2.32. The molecule has 0 amide bonds. The molecule has 0 saturated carbocycles. The maximum absolute atomic E-state index is 11.6. The van der Waals surface area contributed by atoms with Gasteiger partial charge in [0.05, 0.1) is 10.5 Å². The van der Waals surface area contributed by atoms with E-state index in [9.17, 15) is 13.2 Å². The summed E-state index contributed by atoms with van der Waals surface area (Å²) in [5.74, 6) is -1.25. The Morgan fingerprint density at radius 1 is 1.53 bits per heavy atom. The summed E-state index contributed by atoms with van der Waals surface area (Å²) in [4.78, 5) is 12.7. The number of hydrogen-bond donors (Lipinski definition) is 1. The molecule has 0 heterocycles. The van der Waals surface area contributed by atoms with Crippen LogP contribution in [-0.4, -0.2) is 19.5 Å². The molecule has 0 spiro atoms. The second-order valence-corrected chi connectivity index (χ2v) is 4.68. The number of hydrogen-bond acceptors (Lipinski definition) is 3. The maximum Gasteiger partial charge on any atom is 0.335 e. The number of carbonyl (C=O) groups is 1. The highest BCUT2D eigenvalue weighted by atomic mass is 32.2. The summed E-state index contributed by atoms with van der Waals surface area (Å²) in [7, 11) is -4.16. The zero-order valence-corrected chi connectivity index (χ0v) is 9.68. The molecule has 1 aromatic carbocycles. The monoisotopic (exact) mass is 255 g/mol. The van der Waals surface area contributed by atoms with Gasteiger partial charge < -0.3 is 5.11 Å². The molecule has 0 fully saturated rings. The van der Waals surface area contributed by atoms with Gasteiger partial charge in [0.1, 0.15) is 0 Å². The molecule has 0 bridgehead atoms. The lowest BCUT2D eigenvalue weighted by molar-refractivity contribution is 0.0696. The van der Waals surface area contributed by atoms with Gasteiger partial charge in [0.2, 0.25) is 0 Å². The third kappa shape index (κ3) is 2.74. The van der Waals surface area contributed by atoms with Crippen LogP contribution in [-0.2, 0) is 16.4 Å². The standard InChI is InChI=1S/C9H9N3O4S/c1-2-6-3-4-7(9(13)14)5-8(6)17(15,16)12-11-10/h3-5H,2H2,1H3,(H,13,14). The Labute approximate surface area is 97.4 Å². The molecule has 0 atom stereocenters. The first kappa shape index (κ1) is 13.0. The molecule has 1 aromatic rings. The van der Waals surface area contributed by atoms with Crippen molar-refractivity contribution in [3.8, 4) is 0 Å². The molecule has 17 heavy (non-hydrogen) atoms. The van der Waals surface area contributed by atoms with Crippen LogP contribution in [0.4, 0.5) is 0 Å². The van der Waals surface area contributed by atoms with Crippen LogP contribution in [0.15, 0.2) is 27.6 Å². The number of aryl methyl sites for hydroxylation is 1. The van der Waals surface area contributed by atoms with Gasteiger partial charge in [0.25, 0.3) is 10.0 Å². The number of sulfonamides is 1. The first-order valence-electron chi connectivity index (χ1n) is 4.60. The van der Waals surface area contributed by atoms with Gasteiger partial charge >= 0.3 is 5.97 Å². The molecule has 0 aliphatic rings. The van der Waals surface area contributed by atoms with Crippen LogP contribution in [0.25, 0.3) is 10.4 Å². The predicted molar refractivity (Wildman–Crippen MR) is 59.1 cm³/mol. The minimum Gasteiger partial charge on any atom is -0.478 e. The third-order valence-electron chi connectivity index (χ3n) is 2.12. The zero-order valence-electron chi connectivity index (χ0n) is 8.86. The second kappa shape index (κ2) is 4.86. The maximum atomic E-state index is 11.6. The summed E-state index contributed by atoms with van der Waals surface area (Å²) in [5.41, 5.74) is 8.40. The molecule has 0 aliphatic heterocycles. The van der Waals surface area contributed by atoms with Crippen LogP contribution in [0.2, 0.25) is 0 Å². The Kier molecular flexibility index (Phi) is 3.72. The molecule has 0 saturated heterocycles. The summed E-state index contributed by atoms with van der Waals surface area (Å²) < 4.78 is 25.8. The van der Waals surface area contributed by atoms with E-state index in [0.29, 0.717) is 12.0 Å². The summed E-state index contributed by atoms with van der Waals surface area (Å²) in [6.07, 6.45) is 0.384. The van der Waals surface area contributed by atoms with Gasteiger partial charge in [-0.2, -0.15) is 0 Å². The summed E-state index contributed by atoms with van der Waals surface area (Å²) in [6, 6.07) is 3.69. The molecule has 90 valence electrons. The average molecular weight is 255 g/mol. The van der Waals surface area contributed by atoms with E-state index in [4.69, 9.17) is 10.6 Å². The Balaban J connectivity index is 3.54. The fraction of sp³-hybridized carbons (Fsp3) is 0.222. The van der Waals surface area contributed by atoms with Gasteiger partial charge in [0.15, 0.2) is 0 Å². The molecule has 8 heteroatoms. The van der Waals surface area contributed by atoms with Crippen LogP contribution in [0, 0.1) is 0 Å².